The summed E-state index contributed by atoms with van der Waals surface area (Å²) in [5.74, 6) is 0.0762. The fourth-order valence-corrected chi connectivity index (χ4v) is 1.84. The predicted molar refractivity (Wildman–Crippen MR) is 61.3 cm³/mol. The lowest BCUT2D eigenvalue weighted by atomic mass is 10.1. The Morgan fingerprint density at radius 3 is 3.00 bits per heavy atom. The van der Waals surface area contributed by atoms with Gasteiger partial charge in [-0.1, -0.05) is 0 Å². The van der Waals surface area contributed by atoms with Gasteiger partial charge in [0.15, 0.2) is 5.75 Å². The third kappa shape index (κ3) is 2.85. The first kappa shape index (κ1) is 11.7. The molecule has 0 amide bonds. The van der Waals surface area contributed by atoms with Crippen molar-refractivity contribution in [1.82, 2.24) is 5.32 Å². The van der Waals surface area contributed by atoms with Crippen LogP contribution in [0, 0.1) is 10.1 Å². The zero-order valence-corrected chi connectivity index (χ0v) is 9.26. The van der Waals surface area contributed by atoms with E-state index in [9.17, 15) is 15.2 Å². The topological polar surface area (TPSA) is 84.6 Å². The van der Waals surface area contributed by atoms with Gasteiger partial charge in [0.25, 0.3) is 0 Å². The lowest BCUT2D eigenvalue weighted by Gasteiger charge is -2.23. The number of nitrogens with zero attached hydrogens (tertiary/aromatic N) is 1. The number of benzene rings is 1. The highest BCUT2D eigenvalue weighted by atomic mass is 16.6. The standard InChI is InChI=1S/C11H14N2O4/c14-11-4-3-8(6-10(11)13(15)16)17-9-2-1-5-12-7-9/h3-4,6,9,12,14H,1-2,5,7H2. The summed E-state index contributed by atoms with van der Waals surface area (Å²) in [6, 6.07) is 4.07. The molecule has 0 spiro atoms. The number of piperidine rings is 1. The van der Waals surface area contributed by atoms with Crippen LogP contribution in [0.4, 0.5) is 5.69 Å². The first-order valence-electron chi connectivity index (χ1n) is 5.51. The Morgan fingerprint density at radius 2 is 2.35 bits per heavy atom. The molecule has 1 aliphatic heterocycles. The van der Waals surface area contributed by atoms with Gasteiger partial charge in [-0.15, -0.1) is 0 Å². The number of rotatable bonds is 3. The van der Waals surface area contributed by atoms with E-state index in [2.05, 4.69) is 5.32 Å². The van der Waals surface area contributed by atoms with Crippen molar-refractivity contribution >= 4 is 5.69 Å². The second-order valence-electron chi connectivity index (χ2n) is 3.99. The van der Waals surface area contributed by atoms with Crippen molar-refractivity contribution < 1.29 is 14.8 Å². The Labute approximate surface area is 98.4 Å². The average Bonchev–Trinajstić information content (AvgIpc) is 2.32. The maximum absolute atomic E-state index is 10.6. The van der Waals surface area contributed by atoms with E-state index in [0.717, 1.165) is 25.9 Å². The van der Waals surface area contributed by atoms with Gasteiger partial charge in [-0.05, 0) is 31.5 Å². The predicted octanol–water partition coefficient (Wildman–Crippen LogP) is 1.43. The Bertz CT molecular complexity index is 416. The van der Waals surface area contributed by atoms with E-state index in [4.69, 9.17) is 4.74 Å². The molecule has 1 heterocycles. The minimum Gasteiger partial charge on any atom is -0.502 e. The summed E-state index contributed by atoms with van der Waals surface area (Å²) in [6.45, 7) is 1.73. The number of nitro benzene ring substituents is 1. The van der Waals surface area contributed by atoms with E-state index in [0.29, 0.717) is 5.75 Å². The highest BCUT2D eigenvalue weighted by molar-refractivity contribution is 5.49. The molecule has 2 rings (SSSR count). The molecule has 2 N–H and O–H groups in total. The minimum absolute atomic E-state index is 0.0351. The molecule has 0 radical (unpaired) electrons. The summed E-state index contributed by atoms with van der Waals surface area (Å²) in [6.07, 6.45) is 2.00. The molecule has 0 aromatic heterocycles. The number of phenols is 1. The molecule has 1 unspecified atom stereocenters. The van der Waals surface area contributed by atoms with Gasteiger partial charge in [-0.3, -0.25) is 10.1 Å². The molecule has 0 aliphatic carbocycles. The van der Waals surface area contributed by atoms with E-state index in [1.807, 2.05) is 0 Å². The van der Waals surface area contributed by atoms with Crippen LogP contribution in [0.15, 0.2) is 18.2 Å². The molecule has 6 nitrogen and oxygen atoms in total. The zero-order valence-electron chi connectivity index (χ0n) is 9.26. The van der Waals surface area contributed by atoms with Gasteiger partial charge in [0.05, 0.1) is 11.0 Å². The summed E-state index contributed by atoms with van der Waals surface area (Å²) in [4.78, 5) is 10.0. The summed E-state index contributed by atoms with van der Waals surface area (Å²) in [5.41, 5.74) is -0.328. The maximum atomic E-state index is 10.6. The van der Waals surface area contributed by atoms with Crippen molar-refractivity contribution in [1.29, 1.82) is 0 Å². The van der Waals surface area contributed by atoms with Crippen LogP contribution in [-0.4, -0.2) is 29.2 Å². The Hall–Kier alpha value is -1.82. The quantitative estimate of drug-likeness (QED) is 0.614. The molecule has 1 aliphatic rings. The third-order valence-corrected chi connectivity index (χ3v) is 2.70. The van der Waals surface area contributed by atoms with Crippen LogP contribution in [0.5, 0.6) is 11.5 Å². The molecule has 92 valence electrons. The summed E-state index contributed by atoms with van der Waals surface area (Å²) in [7, 11) is 0. The second-order valence-corrected chi connectivity index (χ2v) is 3.99. The van der Waals surface area contributed by atoms with Gasteiger partial charge in [0, 0.05) is 6.54 Å². The van der Waals surface area contributed by atoms with Gasteiger partial charge in [0.2, 0.25) is 0 Å². The molecule has 1 aromatic carbocycles. The largest absolute Gasteiger partial charge is 0.502 e. The van der Waals surface area contributed by atoms with Crippen molar-refractivity contribution in [3.05, 3.63) is 28.3 Å². The van der Waals surface area contributed by atoms with E-state index in [1.165, 1.54) is 18.2 Å². The lowest BCUT2D eigenvalue weighted by Crippen LogP contribution is -2.37. The monoisotopic (exact) mass is 238 g/mol. The van der Waals surface area contributed by atoms with Gasteiger partial charge in [-0.2, -0.15) is 0 Å². The van der Waals surface area contributed by atoms with Crippen LogP contribution in [0.3, 0.4) is 0 Å². The van der Waals surface area contributed by atoms with Crippen LogP contribution in [0.25, 0.3) is 0 Å². The molecule has 1 atom stereocenters. The molecule has 0 saturated carbocycles. The van der Waals surface area contributed by atoms with Crippen molar-refractivity contribution in [2.75, 3.05) is 13.1 Å². The van der Waals surface area contributed by atoms with Crippen LogP contribution < -0.4 is 10.1 Å². The van der Waals surface area contributed by atoms with Crippen LogP contribution in [0.1, 0.15) is 12.8 Å². The Morgan fingerprint density at radius 1 is 1.53 bits per heavy atom. The summed E-state index contributed by atoms with van der Waals surface area (Å²) >= 11 is 0. The van der Waals surface area contributed by atoms with Crippen LogP contribution >= 0.6 is 0 Å². The molecular weight excluding hydrogens is 224 g/mol. The number of nitro groups is 1. The molecule has 17 heavy (non-hydrogen) atoms. The first-order chi connectivity index (χ1) is 8.16. The molecule has 6 heteroatoms. The lowest BCUT2D eigenvalue weighted by molar-refractivity contribution is -0.386. The van der Waals surface area contributed by atoms with E-state index < -0.39 is 4.92 Å². The smallest absolute Gasteiger partial charge is 0.314 e. The van der Waals surface area contributed by atoms with Crippen molar-refractivity contribution in [2.45, 2.75) is 18.9 Å². The molecule has 1 fully saturated rings. The fraction of sp³-hybridized carbons (Fsp3) is 0.455. The van der Waals surface area contributed by atoms with Gasteiger partial charge in [0.1, 0.15) is 11.9 Å². The third-order valence-electron chi connectivity index (χ3n) is 2.70. The van der Waals surface area contributed by atoms with Gasteiger partial charge in [-0.25, -0.2) is 0 Å². The summed E-state index contributed by atoms with van der Waals surface area (Å²) in [5, 5.41) is 23.1. The van der Waals surface area contributed by atoms with Crippen molar-refractivity contribution in [3.63, 3.8) is 0 Å². The zero-order chi connectivity index (χ0) is 12.3. The number of hydrogen-bond acceptors (Lipinski definition) is 5. The van der Waals surface area contributed by atoms with E-state index >= 15 is 0 Å². The highest BCUT2D eigenvalue weighted by Gasteiger charge is 2.18. The molecule has 1 saturated heterocycles. The number of hydrogen-bond donors (Lipinski definition) is 2. The van der Waals surface area contributed by atoms with Gasteiger partial charge >= 0.3 is 5.69 Å². The van der Waals surface area contributed by atoms with Crippen molar-refractivity contribution in [3.8, 4) is 11.5 Å². The number of nitrogens with one attached hydrogen (secondary N) is 1. The van der Waals surface area contributed by atoms with Crippen LogP contribution in [0.2, 0.25) is 0 Å². The fourth-order valence-electron chi connectivity index (χ4n) is 1.84. The first-order valence-corrected chi connectivity index (χ1v) is 5.51. The van der Waals surface area contributed by atoms with Gasteiger partial charge < -0.3 is 15.2 Å². The Balaban J connectivity index is 2.10. The number of ether oxygens (including phenoxy) is 1. The van der Waals surface area contributed by atoms with Crippen molar-refractivity contribution in [2.24, 2.45) is 0 Å². The highest BCUT2D eigenvalue weighted by Crippen LogP contribution is 2.30. The summed E-state index contributed by atoms with van der Waals surface area (Å²) < 4.78 is 5.62. The minimum atomic E-state index is -0.624. The molecule has 0 bridgehead atoms. The maximum Gasteiger partial charge on any atom is 0.314 e. The van der Waals surface area contributed by atoms with Crippen LogP contribution in [-0.2, 0) is 0 Å². The number of phenolic OH excluding ortho intramolecular Hbond substituents is 1. The van der Waals surface area contributed by atoms with E-state index in [1.54, 1.807) is 0 Å². The number of aromatic hydroxyl groups is 1. The van der Waals surface area contributed by atoms with E-state index in [-0.39, 0.29) is 17.5 Å². The average molecular weight is 238 g/mol. The molecular formula is C11H14N2O4. The Kier molecular flexibility index (Phi) is 3.43. The second kappa shape index (κ2) is 5.01. The normalized spacial score (nSPS) is 19.9. The SMILES string of the molecule is O=[N+]([O-])c1cc(OC2CCCNC2)ccc1O. The molecule has 1 aromatic rings.